The lowest BCUT2D eigenvalue weighted by Gasteiger charge is -2.30. The third kappa shape index (κ3) is 3.05. The van der Waals surface area contributed by atoms with E-state index in [-0.39, 0.29) is 23.8 Å². The van der Waals surface area contributed by atoms with Crippen LogP contribution in [0.25, 0.3) is 11.1 Å². The van der Waals surface area contributed by atoms with Gasteiger partial charge in [-0.05, 0) is 29.8 Å². The van der Waals surface area contributed by atoms with Gasteiger partial charge in [-0.2, -0.15) is 5.26 Å². The van der Waals surface area contributed by atoms with Crippen molar-refractivity contribution in [2.24, 2.45) is 0 Å². The van der Waals surface area contributed by atoms with Crippen LogP contribution >= 0.6 is 0 Å². The first-order chi connectivity index (χ1) is 13.6. The summed E-state index contributed by atoms with van der Waals surface area (Å²) in [4.78, 5) is 22.9. The minimum Gasteiger partial charge on any atom is -0.383 e. The molecule has 1 aliphatic heterocycles. The number of carbonyl (C=O) groups excluding carboxylic acids is 1. The minimum atomic E-state index is -0.411. The summed E-state index contributed by atoms with van der Waals surface area (Å²) >= 11 is 0. The topological polar surface area (TPSA) is 95.9 Å². The van der Waals surface area contributed by atoms with Crippen LogP contribution in [-0.2, 0) is 13.0 Å². The molecule has 3 heterocycles. The van der Waals surface area contributed by atoms with Crippen LogP contribution < -0.4 is 5.73 Å². The van der Waals surface area contributed by atoms with E-state index in [1.165, 1.54) is 12.1 Å². The fraction of sp³-hybridized carbons (Fsp3) is 0.143. The Morgan fingerprint density at radius 2 is 2.04 bits per heavy atom. The summed E-state index contributed by atoms with van der Waals surface area (Å²) in [5.41, 5.74) is 9.27. The lowest BCUT2D eigenvalue weighted by Crippen LogP contribution is -2.37. The molecule has 1 aliphatic rings. The van der Waals surface area contributed by atoms with Crippen LogP contribution in [0.1, 0.15) is 27.2 Å². The Morgan fingerprint density at radius 1 is 1.25 bits per heavy atom. The predicted octanol–water partition coefficient (Wildman–Crippen LogP) is 2.94. The smallest absolute Gasteiger partial charge is 0.254 e. The molecule has 28 heavy (non-hydrogen) atoms. The van der Waals surface area contributed by atoms with Crippen LogP contribution in [0.4, 0.5) is 10.2 Å². The largest absolute Gasteiger partial charge is 0.383 e. The summed E-state index contributed by atoms with van der Waals surface area (Å²) in [6.07, 6.45) is 3.64. The molecule has 1 aromatic carbocycles. The van der Waals surface area contributed by atoms with Crippen molar-refractivity contribution in [2.45, 2.75) is 13.0 Å². The number of nitriles is 1. The number of pyridine rings is 2. The van der Waals surface area contributed by atoms with E-state index in [9.17, 15) is 14.4 Å². The maximum atomic E-state index is 13.8. The molecule has 0 fully saturated rings. The van der Waals surface area contributed by atoms with E-state index in [4.69, 9.17) is 5.73 Å². The highest BCUT2D eigenvalue weighted by Gasteiger charge is 2.28. The highest BCUT2D eigenvalue weighted by Crippen LogP contribution is 2.35. The van der Waals surface area contributed by atoms with Gasteiger partial charge in [0.05, 0.1) is 5.69 Å². The van der Waals surface area contributed by atoms with Crippen LogP contribution in [0.2, 0.25) is 0 Å². The van der Waals surface area contributed by atoms with Crippen molar-refractivity contribution in [3.05, 3.63) is 77.0 Å². The highest BCUT2D eigenvalue weighted by atomic mass is 19.1. The minimum absolute atomic E-state index is 0.120. The molecule has 0 unspecified atom stereocenters. The monoisotopic (exact) mass is 373 g/mol. The molecule has 6 nitrogen and oxygen atoms in total. The fourth-order valence-corrected chi connectivity index (χ4v) is 3.51. The quantitative estimate of drug-likeness (QED) is 0.745. The van der Waals surface area contributed by atoms with E-state index in [1.54, 1.807) is 41.6 Å². The first kappa shape index (κ1) is 17.6. The maximum Gasteiger partial charge on any atom is 0.254 e. The van der Waals surface area contributed by atoms with Gasteiger partial charge in [-0.1, -0.05) is 12.1 Å². The Bertz CT molecular complexity index is 1110. The van der Waals surface area contributed by atoms with Crippen LogP contribution in [0.5, 0.6) is 0 Å². The van der Waals surface area contributed by atoms with Gasteiger partial charge in [0.25, 0.3) is 5.91 Å². The molecule has 0 radical (unpaired) electrons. The Hall–Kier alpha value is -3.79. The molecule has 0 saturated heterocycles. The van der Waals surface area contributed by atoms with Gasteiger partial charge in [-0.15, -0.1) is 0 Å². The van der Waals surface area contributed by atoms with Crippen molar-refractivity contribution in [2.75, 3.05) is 12.3 Å². The molecule has 2 N–H and O–H groups in total. The number of nitrogen functional groups attached to an aromatic ring is 1. The van der Waals surface area contributed by atoms with Gasteiger partial charge in [-0.25, -0.2) is 9.37 Å². The SMILES string of the molecule is N#Cc1c(N)nc2c(c1-c1cccc(F)c1)CN(C(=O)c1ccncc1)CC2. The second-order valence-electron chi connectivity index (χ2n) is 6.51. The summed E-state index contributed by atoms with van der Waals surface area (Å²) in [5.74, 6) is -0.422. The third-order valence-corrected chi connectivity index (χ3v) is 4.82. The molecular formula is C21H16FN5O. The summed E-state index contributed by atoms with van der Waals surface area (Å²) in [5, 5.41) is 9.63. The number of carbonyl (C=O) groups is 1. The second kappa shape index (κ2) is 7.08. The van der Waals surface area contributed by atoms with Crippen molar-refractivity contribution in [1.29, 1.82) is 5.26 Å². The van der Waals surface area contributed by atoms with Crippen LogP contribution in [0.15, 0.2) is 48.8 Å². The third-order valence-electron chi connectivity index (χ3n) is 4.82. The number of rotatable bonds is 2. The predicted molar refractivity (Wildman–Crippen MR) is 101 cm³/mol. The number of amides is 1. The van der Waals surface area contributed by atoms with Crippen molar-refractivity contribution < 1.29 is 9.18 Å². The molecule has 1 amide bonds. The standard InChI is InChI=1S/C21H16FN5O/c22-15-3-1-2-14(10-15)19-16(11-23)20(24)26-18-6-9-27(12-17(18)19)21(28)13-4-7-25-8-5-13/h1-5,7-8,10H,6,9,12H2,(H2,24,26). The van der Waals surface area contributed by atoms with Crippen molar-refractivity contribution in [3.8, 4) is 17.2 Å². The van der Waals surface area contributed by atoms with Crippen molar-refractivity contribution in [3.63, 3.8) is 0 Å². The van der Waals surface area contributed by atoms with E-state index in [0.29, 0.717) is 29.7 Å². The van der Waals surface area contributed by atoms with Gasteiger partial charge in [-0.3, -0.25) is 9.78 Å². The molecule has 7 heteroatoms. The molecule has 0 atom stereocenters. The summed E-state index contributed by atoms with van der Waals surface area (Å²) in [6.45, 7) is 0.749. The van der Waals surface area contributed by atoms with Crippen LogP contribution in [0.3, 0.4) is 0 Å². The zero-order valence-electron chi connectivity index (χ0n) is 14.9. The summed E-state index contributed by atoms with van der Waals surface area (Å²) < 4.78 is 13.8. The van der Waals surface area contributed by atoms with Gasteiger partial charge in [0.15, 0.2) is 0 Å². The number of fused-ring (bicyclic) bond motifs is 1. The van der Waals surface area contributed by atoms with Crippen molar-refractivity contribution in [1.82, 2.24) is 14.9 Å². The van der Waals surface area contributed by atoms with Crippen molar-refractivity contribution >= 4 is 11.7 Å². The number of benzene rings is 1. The van der Waals surface area contributed by atoms with Gasteiger partial charge in [0, 0.05) is 48.6 Å². The molecule has 4 rings (SSSR count). The Kier molecular flexibility index (Phi) is 4.45. The lowest BCUT2D eigenvalue weighted by atomic mass is 9.91. The number of aromatic nitrogens is 2. The summed E-state index contributed by atoms with van der Waals surface area (Å²) in [6, 6.07) is 11.4. The maximum absolute atomic E-state index is 13.8. The van der Waals surface area contributed by atoms with E-state index in [2.05, 4.69) is 16.0 Å². The van der Waals surface area contributed by atoms with Gasteiger partial charge >= 0.3 is 0 Å². The molecule has 0 bridgehead atoms. The Labute approximate surface area is 161 Å². The zero-order chi connectivity index (χ0) is 19.7. The molecule has 3 aromatic rings. The number of nitrogens with two attached hydrogens (primary N) is 1. The molecule has 2 aromatic heterocycles. The first-order valence-electron chi connectivity index (χ1n) is 8.75. The van der Waals surface area contributed by atoms with E-state index < -0.39 is 5.82 Å². The Morgan fingerprint density at radius 3 is 2.75 bits per heavy atom. The van der Waals surface area contributed by atoms with Crippen LogP contribution in [-0.4, -0.2) is 27.3 Å². The average molecular weight is 373 g/mol. The summed E-state index contributed by atoms with van der Waals surface area (Å²) in [7, 11) is 0. The fourth-order valence-electron chi connectivity index (χ4n) is 3.51. The second-order valence-corrected chi connectivity index (χ2v) is 6.51. The molecule has 138 valence electrons. The van der Waals surface area contributed by atoms with E-state index in [1.807, 2.05) is 0 Å². The lowest BCUT2D eigenvalue weighted by molar-refractivity contribution is 0.0734. The number of hydrogen-bond acceptors (Lipinski definition) is 5. The van der Waals surface area contributed by atoms with E-state index >= 15 is 0 Å². The van der Waals surface area contributed by atoms with Gasteiger partial charge in [0.1, 0.15) is 23.3 Å². The van der Waals surface area contributed by atoms with Gasteiger partial charge < -0.3 is 10.6 Å². The Balaban J connectivity index is 1.82. The molecule has 0 spiro atoms. The van der Waals surface area contributed by atoms with Gasteiger partial charge in [0.2, 0.25) is 0 Å². The average Bonchev–Trinajstić information content (AvgIpc) is 2.72. The number of halogens is 1. The zero-order valence-corrected chi connectivity index (χ0v) is 14.9. The number of nitrogens with zero attached hydrogens (tertiary/aromatic N) is 4. The highest BCUT2D eigenvalue weighted by molar-refractivity contribution is 5.94. The first-order valence-corrected chi connectivity index (χ1v) is 8.75. The molecular weight excluding hydrogens is 357 g/mol. The van der Waals surface area contributed by atoms with E-state index in [0.717, 1.165) is 11.3 Å². The molecule has 0 saturated carbocycles. The number of anilines is 1. The molecule has 0 aliphatic carbocycles. The normalized spacial score (nSPS) is 12.9. The number of hydrogen-bond donors (Lipinski definition) is 1. The van der Waals surface area contributed by atoms with Crippen LogP contribution in [0, 0.1) is 17.1 Å².